The van der Waals surface area contributed by atoms with E-state index in [9.17, 15) is 10.0 Å². The number of carbonyl (C=O) groups is 1. The Hall–Kier alpha value is -3.60. The molecule has 0 spiro atoms. The van der Waals surface area contributed by atoms with Crippen LogP contribution in [0.5, 0.6) is 5.75 Å². The highest BCUT2D eigenvalue weighted by Crippen LogP contribution is 2.32. The third-order valence-electron chi connectivity index (χ3n) is 6.69. The minimum Gasteiger partial charge on any atom is -0.618 e. The van der Waals surface area contributed by atoms with Crippen molar-refractivity contribution in [2.24, 2.45) is 5.92 Å². The Kier molecular flexibility index (Phi) is 6.97. The second-order valence-electron chi connectivity index (χ2n) is 9.50. The van der Waals surface area contributed by atoms with Gasteiger partial charge in [-0.15, -0.1) is 0 Å². The number of aromatic nitrogens is 2. The summed E-state index contributed by atoms with van der Waals surface area (Å²) < 4.78 is 8.65. The fourth-order valence-electron chi connectivity index (χ4n) is 4.85. The van der Waals surface area contributed by atoms with Gasteiger partial charge in [0.15, 0.2) is 5.78 Å². The lowest BCUT2D eigenvalue weighted by atomic mass is 9.92. The average Bonchev–Trinajstić information content (AvgIpc) is 3.18. The topological polar surface area (TPSA) is 58.2 Å². The zero-order chi connectivity index (χ0) is 25.3. The molecule has 2 heterocycles. The van der Waals surface area contributed by atoms with Crippen molar-refractivity contribution in [3.05, 3.63) is 82.8 Å². The lowest BCUT2D eigenvalue weighted by Crippen LogP contribution is -2.29. The molecule has 4 aromatic rings. The summed E-state index contributed by atoms with van der Waals surface area (Å²) in [5, 5.41) is 14.1. The molecule has 0 radical (unpaired) electrons. The van der Waals surface area contributed by atoms with Gasteiger partial charge in [0.25, 0.3) is 0 Å². The molecule has 2 aromatic carbocycles. The molecule has 5 nitrogen and oxygen atoms in total. The second-order valence-corrected chi connectivity index (χ2v) is 9.50. The van der Waals surface area contributed by atoms with E-state index in [1.807, 2.05) is 101 Å². The van der Waals surface area contributed by atoms with Crippen molar-refractivity contribution in [3.63, 3.8) is 0 Å². The molecular formula is C30H34N2O3. The van der Waals surface area contributed by atoms with E-state index in [0.29, 0.717) is 16.8 Å². The monoisotopic (exact) mass is 470 g/mol. The summed E-state index contributed by atoms with van der Waals surface area (Å²) in [6.07, 6.45) is 5.12. The predicted octanol–water partition coefficient (Wildman–Crippen LogP) is 6.95. The maximum atomic E-state index is 13.6. The van der Waals surface area contributed by atoms with Crippen LogP contribution in [0.1, 0.15) is 62.0 Å². The van der Waals surface area contributed by atoms with Gasteiger partial charge >= 0.3 is 0 Å². The van der Waals surface area contributed by atoms with Gasteiger partial charge in [0.05, 0.1) is 11.7 Å². The number of ether oxygens (including phenoxy) is 1. The fourth-order valence-corrected chi connectivity index (χ4v) is 4.85. The quantitative estimate of drug-likeness (QED) is 0.159. The number of nitrogens with zero attached hydrogens (tertiary/aromatic N) is 2. The summed E-state index contributed by atoms with van der Waals surface area (Å²) in [5.74, 6) is 0.846. The Labute approximate surface area is 207 Å². The van der Waals surface area contributed by atoms with Gasteiger partial charge in [-0.2, -0.15) is 4.73 Å². The highest BCUT2D eigenvalue weighted by Gasteiger charge is 2.25. The minimum atomic E-state index is -0.0564. The molecule has 0 aliphatic carbocycles. The van der Waals surface area contributed by atoms with E-state index in [2.05, 4.69) is 0 Å². The minimum absolute atomic E-state index is 0.0564. The summed E-state index contributed by atoms with van der Waals surface area (Å²) in [5.41, 5.74) is 5.77. The van der Waals surface area contributed by atoms with E-state index >= 15 is 0 Å². The zero-order valence-electron chi connectivity index (χ0n) is 21.5. The van der Waals surface area contributed by atoms with Crippen LogP contribution in [0.4, 0.5) is 0 Å². The van der Waals surface area contributed by atoms with Crippen molar-refractivity contribution in [1.82, 2.24) is 4.57 Å². The first-order valence-corrected chi connectivity index (χ1v) is 12.4. The Morgan fingerprint density at radius 3 is 2.23 bits per heavy atom. The van der Waals surface area contributed by atoms with Crippen LogP contribution in [0, 0.1) is 25.0 Å². The van der Waals surface area contributed by atoms with Crippen LogP contribution in [-0.4, -0.2) is 16.5 Å². The van der Waals surface area contributed by atoms with E-state index in [4.69, 9.17) is 4.74 Å². The van der Waals surface area contributed by atoms with Gasteiger partial charge in [0.2, 0.25) is 11.9 Å². The SMILES string of the molecule is CCC(CC)C(=O)c1cn(-c2ccc(OC(C)C)cc2)c2c[n+]([O-])c(-c3c(C)cccc3C)cc12. The van der Waals surface area contributed by atoms with Gasteiger partial charge in [0.1, 0.15) is 11.3 Å². The highest BCUT2D eigenvalue weighted by molar-refractivity contribution is 6.09. The molecule has 0 N–H and O–H groups in total. The molecular weight excluding hydrogens is 436 g/mol. The first-order chi connectivity index (χ1) is 16.7. The second kappa shape index (κ2) is 9.95. The number of aryl methyl sites for hydroxylation is 2. The van der Waals surface area contributed by atoms with Gasteiger partial charge in [-0.25, -0.2) is 0 Å². The fraction of sp³-hybridized carbons (Fsp3) is 0.333. The summed E-state index contributed by atoms with van der Waals surface area (Å²) in [4.78, 5) is 13.6. The van der Waals surface area contributed by atoms with Crippen LogP contribution in [0.3, 0.4) is 0 Å². The molecule has 0 saturated carbocycles. The number of hydrogen-bond acceptors (Lipinski definition) is 3. The first-order valence-electron chi connectivity index (χ1n) is 12.4. The molecule has 0 bridgehead atoms. The Morgan fingerprint density at radius 2 is 1.66 bits per heavy atom. The molecule has 0 unspecified atom stereocenters. The van der Waals surface area contributed by atoms with Crippen molar-refractivity contribution in [2.45, 2.75) is 60.5 Å². The Balaban J connectivity index is 1.95. The summed E-state index contributed by atoms with van der Waals surface area (Å²) >= 11 is 0. The van der Waals surface area contributed by atoms with E-state index in [-0.39, 0.29) is 17.8 Å². The standard InChI is InChI=1S/C30H34N2O3/c1-7-22(8-2)30(33)26-17-31(23-12-14-24(15-13-23)35-19(3)4)28-18-32(34)27(16-25(26)28)29-20(5)10-9-11-21(29)6/h9-19,22H,7-8H2,1-6H3. The molecule has 0 fully saturated rings. The van der Waals surface area contributed by atoms with E-state index in [1.54, 1.807) is 6.20 Å². The smallest absolute Gasteiger partial charge is 0.225 e. The van der Waals surface area contributed by atoms with E-state index in [1.165, 1.54) is 0 Å². The van der Waals surface area contributed by atoms with E-state index < -0.39 is 0 Å². The van der Waals surface area contributed by atoms with Crippen molar-refractivity contribution in [3.8, 4) is 22.7 Å². The third kappa shape index (κ3) is 4.68. The van der Waals surface area contributed by atoms with Gasteiger partial charge in [-0.3, -0.25) is 4.79 Å². The number of pyridine rings is 1. The number of benzene rings is 2. The van der Waals surface area contributed by atoms with Crippen LogP contribution in [-0.2, 0) is 0 Å². The molecule has 5 heteroatoms. The van der Waals surface area contributed by atoms with Crippen molar-refractivity contribution >= 4 is 16.7 Å². The summed E-state index contributed by atoms with van der Waals surface area (Å²) in [6.45, 7) is 12.1. The average molecular weight is 471 g/mol. The normalized spacial score (nSPS) is 11.5. The molecule has 35 heavy (non-hydrogen) atoms. The predicted molar refractivity (Wildman–Crippen MR) is 141 cm³/mol. The van der Waals surface area contributed by atoms with Crippen LogP contribution >= 0.6 is 0 Å². The number of Topliss-reactive ketones (excluding diaryl/α,β-unsaturated/α-hetero) is 1. The lowest BCUT2D eigenvalue weighted by molar-refractivity contribution is -0.592. The molecule has 0 amide bonds. The van der Waals surface area contributed by atoms with Crippen molar-refractivity contribution in [2.75, 3.05) is 0 Å². The molecule has 182 valence electrons. The number of hydrogen-bond donors (Lipinski definition) is 0. The van der Waals surface area contributed by atoms with Gasteiger partial charge in [-0.1, -0.05) is 32.0 Å². The summed E-state index contributed by atoms with van der Waals surface area (Å²) in [6, 6.07) is 15.6. The van der Waals surface area contributed by atoms with Gasteiger partial charge < -0.3 is 14.5 Å². The third-order valence-corrected chi connectivity index (χ3v) is 6.69. The number of fused-ring (bicyclic) bond motifs is 1. The zero-order valence-corrected chi connectivity index (χ0v) is 21.5. The maximum Gasteiger partial charge on any atom is 0.225 e. The van der Waals surface area contributed by atoms with Crippen molar-refractivity contribution in [1.29, 1.82) is 0 Å². The number of carbonyl (C=O) groups excluding carboxylic acids is 1. The van der Waals surface area contributed by atoms with Gasteiger partial charge in [-0.05, 0) is 75.9 Å². The van der Waals surface area contributed by atoms with Crippen LogP contribution < -0.4 is 9.47 Å². The molecule has 0 aliphatic heterocycles. The summed E-state index contributed by atoms with van der Waals surface area (Å²) in [7, 11) is 0. The van der Waals surface area contributed by atoms with Crippen LogP contribution in [0.25, 0.3) is 27.8 Å². The maximum absolute atomic E-state index is 13.6. The van der Waals surface area contributed by atoms with Crippen LogP contribution in [0.15, 0.2) is 60.9 Å². The Morgan fingerprint density at radius 1 is 1.03 bits per heavy atom. The number of rotatable bonds is 8. The first kappa shape index (κ1) is 24.5. The lowest BCUT2D eigenvalue weighted by Gasteiger charge is -2.13. The molecule has 2 aromatic heterocycles. The van der Waals surface area contributed by atoms with Gasteiger partial charge in [0, 0.05) is 34.8 Å². The number of ketones is 1. The van der Waals surface area contributed by atoms with E-state index in [0.717, 1.165) is 51.1 Å². The highest BCUT2D eigenvalue weighted by atomic mass is 16.5. The Bertz CT molecular complexity index is 1340. The molecule has 4 rings (SSSR count). The van der Waals surface area contributed by atoms with Crippen molar-refractivity contribution < 1.29 is 14.3 Å². The largest absolute Gasteiger partial charge is 0.618 e. The molecule has 0 saturated heterocycles. The van der Waals surface area contributed by atoms with Crippen LogP contribution in [0.2, 0.25) is 0 Å². The molecule has 0 aliphatic rings. The molecule has 0 atom stereocenters.